The predicted molar refractivity (Wildman–Crippen MR) is 106 cm³/mol. The topological polar surface area (TPSA) is 87.7 Å². The average molecular weight is 387 g/mol. The van der Waals surface area contributed by atoms with E-state index in [1.54, 1.807) is 18.2 Å². The van der Waals surface area contributed by atoms with Gasteiger partial charge in [-0.05, 0) is 49.7 Å². The molecule has 1 heterocycles. The summed E-state index contributed by atoms with van der Waals surface area (Å²) in [6, 6.07) is 6.66. The van der Waals surface area contributed by atoms with E-state index in [9.17, 15) is 14.4 Å². The molecule has 1 spiro atoms. The van der Waals surface area contributed by atoms with Gasteiger partial charge in [0.1, 0.15) is 17.8 Å². The van der Waals surface area contributed by atoms with Gasteiger partial charge in [0, 0.05) is 0 Å². The number of rotatable bonds is 6. The summed E-state index contributed by atoms with van der Waals surface area (Å²) in [7, 11) is 0. The van der Waals surface area contributed by atoms with Crippen LogP contribution in [0.4, 0.5) is 10.5 Å². The molecule has 152 valence electrons. The quantitative estimate of drug-likeness (QED) is 0.734. The summed E-state index contributed by atoms with van der Waals surface area (Å²) >= 11 is 0. The molecule has 0 atom stereocenters. The molecule has 0 unspecified atom stereocenters. The fraction of sp³-hybridized carbons (Fsp3) is 0.571. The number of nitrogens with one attached hydrogen (secondary N) is 2. The summed E-state index contributed by atoms with van der Waals surface area (Å²) in [6.07, 6.45) is 3.05. The fourth-order valence-electron chi connectivity index (χ4n) is 3.70. The van der Waals surface area contributed by atoms with Crippen molar-refractivity contribution >= 4 is 23.5 Å². The van der Waals surface area contributed by atoms with Gasteiger partial charge in [0.25, 0.3) is 5.91 Å². The molecule has 7 heteroatoms. The van der Waals surface area contributed by atoms with Gasteiger partial charge in [0.05, 0.1) is 12.3 Å². The molecule has 1 aliphatic carbocycles. The zero-order chi connectivity index (χ0) is 20.3. The molecule has 0 bridgehead atoms. The molecule has 7 nitrogen and oxygen atoms in total. The smallest absolute Gasteiger partial charge is 0.325 e. The van der Waals surface area contributed by atoms with E-state index in [1.807, 2.05) is 19.9 Å². The van der Waals surface area contributed by atoms with E-state index in [1.165, 1.54) is 0 Å². The Bertz CT molecular complexity index is 754. The molecule has 4 amide bonds. The lowest BCUT2D eigenvalue weighted by Crippen LogP contribution is -2.49. The van der Waals surface area contributed by atoms with Crippen LogP contribution in [0, 0.1) is 11.8 Å². The zero-order valence-corrected chi connectivity index (χ0v) is 16.8. The molecule has 1 aromatic carbocycles. The maximum Gasteiger partial charge on any atom is 0.325 e. The van der Waals surface area contributed by atoms with Gasteiger partial charge >= 0.3 is 6.03 Å². The normalized spacial score (nSPS) is 24.6. The molecule has 1 saturated carbocycles. The van der Waals surface area contributed by atoms with Crippen LogP contribution in [0.3, 0.4) is 0 Å². The molecular formula is C21H29N3O4. The molecule has 1 saturated heterocycles. The van der Waals surface area contributed by atoms with Gasteiger partial charge in [0.15, 0.2) is 0 Å². The van der Waals surface area contributed by atoms with Crippen molar-refractivity contribution in [3.8, 4) is 5.75 Å². The lowest BCUT2D eigenvalue weighted by molar-refractivity contribution is -0.135. The average Bonchev–Trinajstić information content (AvgIpc) is 2.88. The number of carbonyl (C=O) groups excluding carboxylic acids is 3. The Morgan fingerprint density at radius 1 is 1.29 bits per heavy atom. The number of imide groups is 1. The van der Waals surface area contributed by atoms with Crippen molar-refractivity contribution < 1.29 is 19.1 Å². The van der Waals surface area contributed by atoms with Crippen molar-refractivity contribution in [2.75, 3.05) is 18.5 Å². The second-order valence-corrected chi connectivity index (χ2v) is 8.34. The fourth-order valence-corrected chi connectivity index (χ4v) is 3.70. The van der Waals surface area contributed by atoms with Gasteiger partial charge in [-0.1, -0.05) is 32.9 Å². The number of hydrogen-bond acceptors (Lipinski definition) is 4. The number of urea groups is 1. The van der Waals surface area contributed by atoms with Crippen molar-refractivity contribution in [2.24, 2.45) is 11.8 Å². The lowest BCUT2D eigenvalue weighted by Gasteiger charge is -2.33. The summed E-state index contributed by atoms with van der Waals surface area (Å²) in [5.41, 5.74) is -0.302. The summed E-state index contributed by atoms with van der Waals surface area (Å²) < 4.78 is 5.74. The van der Waals surface area contributed by atoms with Crippen molar-refractivity contribution in [2.45, 2.75) is 52.0 Å². The Morgan fingerprint density at radius 2 is 1.96 bits per heavy atom. The first-order chi connectivity index (χ1) is 13.3. The van der Waals surface area contributed by atoms with Crippen LogP contribution in [0.1, 0.15) is 46.5 Å². The minimum atomic E-state index is -0.831. The van der Waals surface area contributed by atoms with Gasteiger partial charge < -0.3 is 15.4 Å². The molecular weight excluding hydrogens is 358 g/mol. The van der Waals surface area contributed by atoms with E-state index < -0.39 is 17.5 Å². The number of benzene rings is 1. The Morgan fingerprint density at radius 3 is 2.64 bits per heavy atom. The van der Waals surface area contributed by atoms with Gasteiger partial charge in [-0.25, -0.2) is 4.79 Å². The number of carbonyl (C=O) groups is 3. The molecule has 2 aliphatic rings. The maximum absolute atomic E-state index is 12.9. The third-order valence-corrected chi connectivity index (χ3v) is 5.41. The van der Waals surface area contributed by atoms with E-state index >= 15 is 0 Å². The number of anilines is 1. The highest BCUT2D eigenvalue weighted by atomic mass is 16.5. The molecule has 3 rings (SSSR count). The van der Waals surface area contributed by atoms with Gasteiger partial charge in [-0.3, -0.25) is 14.5 Å². The zero-order valence-electron chi connectivity index (χ0n) is 16.8. The standard InChI is InChI=1S/C21H29N3O4/c1-14(2)13-28-17-7-5-4-6-16(17)22-18(25)12-24-19(26)21(23-20(24)27)10-8-15(3)9-11-21/h4-7,14-15H,8-13H2,1-3H3,(H,22,25)(H,23,27). The first-order valence-corrected chi connectivity index (χ1v) is 9.96. The van der Waals surface area contributed by atoms with Gasteiger partial charge in [0.2, 0.25) is 5.91 Å². The van der Waals surface area contributed by atoms with Crippen LogP contribution in [0.5, 0.6) is 5.75 Å². The van der Waals surface area contributed by atoms with Crippen molar-refractivity contribution in [3.63, 3.8) is 0 Å². The molecule has 2 fully saturated rings. The van der Waals surface area contributed by atoms with E-state index in [2.05, 4.69) is 17.6 Å². The van der Waals surface area contributed by atoms with Crippen molar-refractivity contribution in [1.29, 1.82) is 0 Å². The largest absolute Gasteiger partial charge is 0.491 e. The Kier molecular flexibility index (Phi) is 5.91. The van der Waals surface area contributed by atoms with Crippen molar-refractivity contribution in [1.82, 2.24) is 10.2 Å². The van der Waals surface area contributed by atoms with Crippen LogP contribution in [-0.2, 0) is 9.59 Å². The van der Waals surface area contributed by atoms with E-state index in [0.29, 0.717) is 42.7 Å². The van der Waals surface area contributed by atoms with E-state index in [4.69, 9.17) is 4.74 Å². The van der Waals surface area contributed by atoms with Crippen LogP contribution in [0.2, 0.25) is 0 Å². The number of para-hydroxylation sites is 2. The third kappa shape index (κ3) is 4.29. The summed E-state index contributed by atoms with van der Waals surface area (Å²) in [6.45, 7) is 6.46. The lowest BCUT2D eigenvalue weighted by atomic mass is 9.77. The highest BCUT2D eigenvalue weighted by Gasteiger charge is 2.52. The second-order valence-electron chi connectivity index (χ2n) is 8.34. The first-order valence-electron chi connectivity index (χ1n) is 9.96. The molecule has 0 aromatic heterocycles. The third-order valence-electron chi connectivity index (χ3n) is 5.41. The molecule has 1 aromatic rings. The monoisotopic (exact) mass is 387 g/mol. The van der Waals surface area contributed by atoms with Gasteiger partial charge in [-0.15, -0.1) is 0 Å². The first kappa shape index (κ1) is 20.2. The van der Waals surface area contributed by atoms with Gasteiger partial charge in [-0.2, -0.15) is 0 Å². The van der Waals surface area contributed by atoms with Crippen LogP contribution < -0.4 is 15.4 Å². The number of ether oxygens (including phenoxy) is 1. The van der Waals surface area contributed by atoms with Crippen LogP contribution in [-0.4, -0.2) is 41.4 Å². The van der Waals surface area contributed by atoms with E-state index in [-0.39, 0.29) is 12.5 Å². The Balaban J connectivity index is 1.64. The Labute approximate surface area is 165 Å². The molecule has 28 heavy (non-hydrogen) atoms. The van der Waals surface area contributed by atoms with Crippen LogP contribution >= 0.6 is 0 Å². The maximum atomic E-state index is 12.9. The minimum absolute atomic E-state index is 0.288. The van der Waals surface area contributed by atoms with Crippen LogP contribution in [0.15, 0.2) is 24.3 Å². The highest BCUT2D eigenvalue weighted by molar-refractivity contribution is 6.10. The van der Waals surface area contributed by atoms with Crippen molar-refractivity contribution in [3.05, 3.63) is 24.3 Å². The molecule has 1 aliphatic heterocycles. The summed E-state index contributed by atoms with van der Waals surface area (Å²) in [5.74, 6) is 0.757. The Hall–Kier alpha value is -2.57. The summed E-state index contributed by atoms with van der Waals surface area (Å²) in [4.78, 5) is 38.8. The number of nitrogens with zero attached hydrogens (tertiary/aromatic N) is 1. The number of hydrogen-bond donors (Lipinski definition) is 2. The van der Waals surface area contributed by atoms with E-state index in [0.717, 1.165) is 17.7 Å². The SMILES string of the molecule is CC(C)COc1ccccc1NC(=O)CN1C(=O)NC2(CCC(C)CC2)C1=O. The summed E-state index contributed by atoms with van der Waals surface area (Å²) in [5, 5.41) is 5.60. The highest BCUT2D eigenvalue weighted by Crippen LogP contribution is 2.36. The molecule has 2 N–H and O–H groups in total. The minimum Gasteiger partial charge on any atom is -0.491 e. The number of amides is 4. The molecule has 0 radical (unpaired) electrons. The second kappa shape index (κ2) is 8.20. The predicted octanol–water partition coefficient (Wildman–Crippen LogP) is 3.16. The van der Waals surface area contributed by atoms with Crippen LogP contribution in [0.25, 0.3) is 0 Å².